The summed E-state index contributed by atoms with van der Waals surface area (Å²) in [6.45, 7) is 7.29. The van der Waals surface area contributed by atoms with E-state index in [0.29, 0.717) is 11.3 Å². The van der Waals surface area contributed by atoms with Crippen molar-refractivity contribution in [3.63, 3.8) is 0 Å². The van der Waals surface area contributed by atoms with Crippen LogP contribution in [0.1, 0.15) is 38.1 Å². The lowest BCUT2D eigenvalue weighted by Gasteiger charge is -2.29. The fourth-order valence-electron chi connectivity index (χ4n) is 2.79. The first-order valence-electron chi connectivity index (χ1n) is 7.62. The minimum absolute atomic E-state index is 0.0648. The fraction of sp³-hybridized carbons (Fsp3) is 0.368. The Hall–Kier alpha value is -2.36. The van der Waals surface area contributed by atoms with Crippen molar-refractivity contribution >= 4 is 22.5 Å². The van der Waals surface area contributed by atoms with E-state index in [1.165, 1.54) is 14.0 Å². The van der Waals surface area contributed by atoms with E-state index >= 15 is 0 Å². The minimum atomic E-state index is -0.557. The van der Waals surface area contributed by atoms with Crippen molar-refractivity contribution in [1.29, 1.82) is 0 Å². The third-order valence-electron chi connectivity index (χ3n) is 3.89. The van der Waals surface area contributed by atoms with E-state index in [9.17, 15) is 9.59 Å². The zero-order valence-electron chi connectivity index (χ0n) is 14.3. The minimum Gasteiger partial charge on any atom is -0.496 e. The third kappa shape index (κ3) is 3.52. The van der Waals surface area contributed by atoms with Crippen LogP contribution in [0, 0.1) is 5.41 Å². The highest BCUT2D eigenvalue weighted by molar-refractivity contribution is 6.10. The Kier molecular flexibility index (Phi) is 4.73. The molecule has 2 aromatic carbocycles. The number of ketones is 1. The van der Waals surface area contributed by atoms with E-state index in [1.807, 2.05) is 51.1 Å². The van der Waals surface area contributed by atoms with Crippen molar-refractivity contribution in [2.75, 3.05) is 7.11 Å². The molecule has 0 aliphatic heterocycles. The summed E-state index contributed by atoms with van der Waals surface area (Å²) in [5, 5.41) is 4.63. The molecular weight excluding hydrogens is 290 g/mol. The van der Waals surface area contributed by atoms with E-state index in [-0.39, 0.29) is 17.1 Å². The van der Waals surface area contributed by atoms with Crippen LogP contribution in [0.4, 0.5) is 0 Å². The highest BCUT2D eigenvalue weighted by Gasteiger charge is 2.31. The maximum absolute atomic E-state index is 12.9. The number of benzene rings is 2. The van der Waals surface area contributed by atoms with Crippen LogP contribution in [-0.2, 0) is 4.79 Å². The van der Waals surface area contributed by atoms with Gasteiger partial charge < -0.3 is 10.1 Å². The normalized spacial score (nSPS) is 12.7. The highest BCUT2D eigenvalue weighted by Crippen LogP contribution is 2.29. The van der Waals surface area contributed by atoms with Crippen molar-refractivity contribution in [2.45, 2.75) is 33.7 Å². The number of amides is 1. The van der Waals surface area contributed by atoms with Gasteiger partial charge in [0.1, 0.15) is 5.75 Å². The van der Waals surface area contributed by atoms with Crippen LogP contribution in [0.25, 0.3) is 10.8 Å². The van der Waals surface area contributed by atoms with Crippen LogP contribution in [-0.4, -0.2) is 24.8 Å². The molecule has 0 saturated heterocycles. The van der Waals surface area contributed by atoms with Crippen molar-refractivity contribution < 1.29 is 14.3 Å². The van der Waals surface area contributed by atoms with Gasteiger partial charge in [0.2, 0.25) is 0 Å². The lowest BCUT2D eigenvalue weighted by Crippen LogP contribution is -2.48. The quantitative estimate of drug-likeness (QED) is 0.938. The Morgan fingerprint density at radius 2 is 1.74 bits per heavy atom. The van der Waals surface area contributed by atoms with Crippen molar-refractivity contribution in [1.82, 2.24) is 5.32 Å². The molecule has 1 amide bonds. The summed E-state index contributed by atoms with van der Waals surface area (Å²) in [7, 11) is 1.53. The Balaban J connectivity index is 2.50. The van der Waals surface area contributed by atoms with Crippen LogP contribution in [0.3, 0.4) is 0 Å². The molecule has 1 atom stereocenters. The average Bonchev–Trinajstić information content (AvgIpc) is 2.49. The summed E-state index contributed by atoms with van der Waals surface area (Å²) in [5.74, 6) is 0.135. The molecule has 0 radical (unpaired) electrons. The molecule has 0 bridgehead atoms. The van der Waals surface area contributed by atoms with Crippen molar-refractivity contribution in [2.24, 2.45) is 5.41 Å². The zero-order chi connectivity index (χ0) is 17.2. The molecule has 4 heteroatoms. The molecule has 2 rings (SSSR count). The summed E-state index contributed by atoms with van der Waals surface area (Å²) in [6.07, 6.45) is 0. The number of rotatable bonds is 4. The SMILES string of the molecule is COc1ccc2ccccc2c1C(=O)NC(C(C)=O)C(C)(C)C. The van der Waals surface area contributed by atoms with Gasteiger partial charge in [-0.2, -0.15) is 0 Å². The third-order valence-corrected chi connectivity index (χ3v) is 3.89. The number of carbonyl (C=O) groups excluding carboxylic acids is 2. The lowest BCUT2D eigenvalue weighted by molar-refractivity contribution is -0.121. The second-order valence-corrected chi connectivity index (χ2v) is 6.75. The Morgan fingerprint density at radius 3 is 2.30 bits per heavy atom. The maximum Gasteiger partial charge on any atom is 0.256 e. The van der Waals surface area contributed by atoms with Gasteiger partial charge in [0.15, 0.2) is 5.78 Å². The van der Waals surface area contributed by atoms with Gasteiger partial charge in [0, 0.05) is 0 Å². The van der Waals surface area contributed by atoms with E-state index in [1.54, 1.807) is 6.07 Å². The molecule has 0 spiro atoms. The van der Waals surface area contributed by atoms with Gasteiger partial charge in [0.25, 0.3) is 5.91 Å². The van der Waals surface area contributed by atoms with Crippen LogP contribution in [0.15, 0.2) is 36.4 Å². The zero-order valence-corrected chi connectivity index (χ0v) is 14.3. The molecule has 122 valence electrons. The Bertz CT molecular complexity index is 744. The molecule has 1 N–H and O–H groups in total. The van der Waals surface area contributed by atoms with Crippen LogP contribution in [0.5, 0.6) is 5.75 Å². The van der Waals surface area contributed by atoms with Crippen molar-refractivity contribution in [3.8, 4) is 5.75 Å². The predicted molar refractivity (Wildman–Crippen MR) is 91.9 cm³/mol. The summed E-state index contributed by atoms with van der Waals surface area (Å²) in [6, 6.07) is 10.8. The Labute approximate surface area is 136 Å². The Morgan fingerprint density at radius 1 is 1.09 bits per heavy atom. The number of nitrogens with one attached hydrogen (secondary N) is 1. The monoisotopic (exact) mass is 313 g/mol. The predicted octanol–water partition coefficient (Wildman–Crippen LogP) is 3.58. The first-order chi connectivity index (χ1) is 10.8. The van der Waals surface area contributed by atoms with E-state index in [2.05, 4.69) is 5.32 Å². The molecule has 2 aromatic rings. The second kappa shape index (κ2) is 6.41. The van der Waals surface area contributed by atoms with Gasteiger partial charge in [-0.3, -0.25) is 9.59 Å². The van der Waals surface area contributed by atoms with Crippen molar-refractivity contribution in [3.05, 3.63) is 42.0 Å². The molecule has 0 aliphatic rings. The largest absolute Gasteiger partial charge is 0.496 e. The van der Waals surface area contributed by atoms with Gasteiger partial charge in [-0.05, 0) is 29.2 Å². The smallest absolute Gasteiger partial charge is 0.256 e. The number of hydrogen-bond donors (Lipinski definition) is 1. The molecule has 0 saturated carbocycles. The second-order valence-electron chi connectivity index (χ2n) is 6.75. The number of hydrogen-bond acceptors (Lipinski definition) is 3. The number of methoxy groups -OCH3 is 1. The standard InChI is InChI=1S/C19H23NO3/c1-12(21)17(19(2,3)4)20-18(22)16-14-9-7-6-8-13(14)10-11-15(16)23-5/h6-11,17H,1-5H3,(H,20,22). The molecular formula is C19H23NO3. The van der Waals surface area contributed by atoms with Crippen LogP contribution < -0.4 is 10.1 Å². The van der Waals surface area contributed by atoms with E-state index in [4.69, 9.17) is 4.74 Å². The van der Waals surface area contributed by atoms with Gasteiger partial charge >= 0.3 is 0 Å². The van der Waals surface area contributed by atoms with Gasteiger partial charge in [-0.15, -0.1) is 0 Å². The van der Waals surface area contributed by atoms with E-state index in [0.717, 1.165) is 10.8 Å². The topological polar surface area (TPSA) is 55.4 Å². The van der Waals surface area contributed by atoms with Gasteiger partial charge in [-0.1, -0.05) is 51.1 Å². The molecule has 0 fully saturated rings. The molecule has 0 heterocycles. The first kappa shape index (κ1) is 17.0. The first-order valence-corrected chi connectivity index (χ1v) is 7.62. The van der Waals surface area contributed by atoms with E-state index < -0.39 is 6.04 Å². The average molecular weight is 313 g/mol. The summed E-state index contributed by atoms with van der Waals surface area (Å²) in [4.78, 5) is 24.8. The highest BCUT2D eigenvalue weighted by atomic mass is 16.5. The van der Waals surface area contributed by atoms with Gasteiger partial charge in [-0.25, -0.2) is 0 Å². The van der Waals surface area contributed by atoms with Crippen LogP contribution in [0.2, 0.25) is 0 Å². The number of fused-ring (bicyclic) bond motifs is 1. The summed E-state index contributed by atoms with van der Waals surface area (Å²) < 4.78 is 5.36. The number of carbonyl (C=O) groups is 2. The lowest BCUT2D eigenvalue weighted by atomic mass is 9.84. The number of ether oxygens (including phenoxy) is 1. The molecule has 0 aliphatic carbocycles. The maximum atomic E-state index is 12.9. The molecule has 1 unspecified atom stereocenters. The molecule has 4 nitrogen and oxygen atoms in total. The molecule has 0 aromatic heterocycles. The molecule has 23 heavy (non-hydrogen) atoms. The number of Topliss-reactive ketones (excluding diaryl/α,β-unsaturated/α-hetero) is 1. The summed E-state index contributed by atoms with van der Waals surface area (Å²) >= 11 is 0. The summed E-state index contributed by atoms with van der Waals surface area (Å²) in [5.41, 5.74) is 0.0976. The fourth-order valence-corrected chi connectivity index (χ4v) is 2.79. The van der Waals surface area contributed by atoms with Crippen LogP contribution >= 0.6 is 0 Å². The van der Waals surface area contributed by atoms with Gasteiger partial charge in [0.05, 0.1) is 18.7 Å².